The Labute approximate surface area is 98.0 Å². The second kappa shape index (κ2) is 3.63. The van der Waals surface area contributed by atoms with Gasteiger partial charge >= 0.3 is 5.97 Å². The van der Waals surface area contributed by atoms with Crippen molar-refractivity contribution >= 4 is 11.6 Å². The van der Waals surface area contributed by atoms with Crippen LogP contribution >= 0.6 is 0 Å². The summed E-state index contributed by atoms with van der Waals surface area (Å²) in [6.45, 7) is 3.59. The molecule has 0 aliphatic carbocycles. The van der Waals surface area contributed by atoms with E-state index >= 15 is 0 Å². The maximum atomic E-state index is 11.8. The summed E-state index contributed by atoms with van der Waals surface area (Å²) in [5.74, 6) is 0.243. The molecule has 0 saturated heterocycles. The minimum atomic E-state index is -0.518. The Morgan fingerprint density at radius 2 is 2.12 bits per heavy atom. The van der Waals surface area contributed by atoms with Gasteiger partial charge in [0.15, 0.2) is 5.65 Å². The SMILES string of the molecule is COC(=O)c1c(C#N)c(C)n2nc(C)n(C)c12. The monoisotopic (exact) mass is 232 g/mol. The van der Waals surface area contributed by atoms with Gasteiger partial charge in [-0.3, -0.25) is 0 Å². The number of nitrogens with zero attached hydrogens (tertiary/aromatic N) is 4. The van der Waals surface area contributed by atoms with Gasteiger partial charge in [-0.25, -0.2) is 9.31 Å². The van der Waals surface area contributed by atoms with Crippen LogP contribution < -0.4 is 0 Å². The molecule has 88 valence electrons. The third-order valence-corrected chi connectivity index (χ3v) is 2.90. The molecule has 17 heavy (non-hydrogen) atoms. The second-order valence-corrected chi connectivity index (χ2v) is 3.78. The van der Waals surface area contributed by atoms with E-state index in [1.807, 2.05) is 13.0 Å². The van der Waals surface area contributed by atoms with Gasteiger partial charge in [0.25, 0.3) is 0 Å². The van der Waals surface area contributed by atoms with E-state index in [4.69, 9.17) is 10.00 Å². The van der Waals surface area contributed by atoms with Crippen LogP contribution in [0, 0.1) is 25.2 Å². The Bertz CT molecular complexity index is 657. The van der Waals surface area contributed by atoms with Crippen molar-refractivity contribution in [3.63, 3.8) is 0 Å². The molecule has 0 spiro atoms. The molecule has 2 rings (SSSR count). The van der Waals surface area contributed by atoms with Crippen LogP contribution in [-0.4, -0.2) is 27.3 Å². The van der Waals surface area contributed by atoms with Gasteiger partial charge in [-0.1, -0.05) is 0 Å². The summed E-state index contributed by atoms with van der Waals surface area (Å²) < 4.78 is 8.08. The minimum Gasteiger partial charge on any atom is -0.465 e. The van der Waals surface area contributed by atoms with Gasteiger partial charge in [-0.2, -0.15) is 10.4 Å². The number of nitriles is 1. The van der Waals surface area contributed by atoms with E-state index in [9.17, 15) is 4.79 Å². The van der Waals surface area contributed by atoms with E-state index in [1.54, 1.807) is 23.1 Å². The Hall–Kier alpha value is -2.29. The molecule has 2 heterocycles. The van der Waals surface area contributed by atoms with Crippen LogP contribution in [-0.2, 0) is 11.8 Å². The minimum absolute atomic E-state index is 0.274. The number of fused-ring (bicyclic) bond motifs is 1. The first-order valence-electron chi connectivity index (χ1n) is 5.06. The van der Waals surface area contributed by atoms with E-state index in [2.05, 4.69) is 5.10 Å². The lowest BCUT2D eigenvalue weighted by Gasteiger charge is -1.99. The molecule has 0 amide bonds. The van der Waals surface area contributed by atoms with Gasteiger partial charge < -0.3 is 9.30 Å². The molecule has 0 aliphatic rings. The Balaban J connectivity index is 2.96. The highest BCUT2D eigenvalue weighted by atomic mass is 16.5. The smallest absolute Gasteiger partial charge is 0.343 e. The van der Waals surface area contributed by atoms with Gasteiger partial charge in [0, 0.05) is 7.05 Å². The summed E-state index contributed by atoms with van der Waals surface area (Å²) >= 11 is 0. The van der Waals surface area contributed by atoms with Crippen LogP contribution in [0.4, 0.5) is 0 Å². The molecule has 0 N–H and O–H groups in total. The van der Waals surface area contributed by atoms with Crippen molar-refractivity contribution in [3.05, 3.63) is 22.6 Å². The summed E-state index contributed by atoms with van der Waals surface area (Å²) in [7, 11) is 3.09. The molecule has 0 aliphatic heterocycles. The predicted octanol–water partition coefficient (Wildman–Crippen LogP) is 0.948. The van der Waals surface area contributed by atoms with E-state index in [1.165, 1.54) is 7.11 Å². The molecule has 2 aromatic heterocycles. The zero-order chi connectivity index (χ0) is 12.7. The number of aromatic nitrogens is 3. The van der Waals surface area contributed by atoms with Gasteiger partial charge in [0.05, 0.1) is 18.4 Å². The van der Waals surface area contributed by atoms with Crippen LogP contribution in [0.15, 0.2) is 0 Å². The van der Waals surface area contributed by atoms with E-state index < -0.39 is 5.97 Å². The summed E-state index contributed by atoms with van der Waals surface area (Å²) in [6, 6.07) is 2.03. The standard InChI is InChI=1S/C11H12N4O2/c1-6-8(5-12)9(11(16)17-4)10-14(3)7(2)13-15(6)10/h1-4H3. The molecule has 6 nitrogen and oxygen atoms in total. The number of carbonyl (C=O) groups excluding carboxylic acids is 1. The number of hydrogen-bond donors (Lipinski definition) is 0. The van der Waals surface area contributed by atoms with Crippen LogP contribution in [0.25, 0.3) is 5.65 Å². The molecule has 0 bridgehead atoms. The number of methoxy groups -OCH3 is 1. The first kappa shape index (κ1) is 11.2. The largest absolute Gasteiger partial charge is 0.465 e. The number of esters is 1. The van der Waals surface area contributed by atoms with Crippen molar-refractivity contribution in [2.24, 2.45) is 7.05 Å². The first-order valence-corrected chi connectivity index (χ1v) is 5.06. The quantitative estimate of drug-likeness (QED) is 0.686. The van der Waals surface area contributed by atoms with Crippen LogP contribution in [0.1, 0.15) is 27.4 Å². The molecule has 2 aromatic rings. The van der Waals surface area contributed by atoms with Crippen LogP contribution in [0.3, 0.4) is 0 Å². The van der Waals surface area contributed by atoms with Crippen molar-refractivity contribution in [1.29, 1.82) is 5.26 Å². The van der Waals surface area contributed by atoms with Crippen LogP contribution in [0.5, 0.6) is 0 Å². The molecular weight excluding hydrogens is 220 g/mol. The number of rotatable bonds is 1. The third-order valence-electron chi connectivity index (χ3n) is 2.90. The fourth-order valence-corrected chi connectivity index (χ4v) is 1.89. The van der Waals surface area contributed by atoms with Crippen molar-refractivity contribution in [1.82, 2.24) is 14.2 Å². The van der Waals surface area contributed by atoms with Gasteiger partial charge in [-0.15, -0.1) is 0 Å². The van der Waals surface area contributed by atoms with Crippen molar-refractivity contribution in [2.75, 3.05) is 7.11 Å². The fraction of sp³-hybridized carbons (Fsp3) is 0.364. The molecule has 0 aromatic carbocycles. The predicted molar refractivity (Wildman–Crippen MR) is 59.7 cm³/mol. The van der Waals surface area contributed by atoms with Gasteiger partial charge in [0.1, 0.15) is 17.5 Å². The summed E-state index contributed by atoms with van der Waals surface area (Å²) in [4.78, 5) is 11.8. The lowest BCUT2D eigenvalue weighted by Crippen LogP contribution is -2.05. The molecule has 6 heteroatoms. The number of carbonyl (C=O) groups is 1. The number of aryl methyl sites for hydroxylation is 3. The maximum absolute atomic E-state index is 11.8. The van der Waals surface area contributed by atoms with E-state index in [0.717, 1.165) is 5.82 Å². The summed E-state index contributed by atoms with van der Waals surface area (Å²) in [5.41, 5.74) is 1.82. The fourth-order valence-electron chi connectivity index (χ4n) is 1.89. The second-order valence-electron chi connectivity index (χ2n) is 3.78. The molecule has 0 fully saturated rings. The topological polar surface area (TPSA) is 72.3 Å². The normalized spacial score (nSPS) is 10.5. The number of ether oxygens (including phenoxy) is 1. The average molecular weight is 232 g/mol. The molecular formula is C11H12N4O2. The Morgan fingerprint density at radius 3 is 2.65 bits per heavy atom. The zero-order valence-corrected chi connectivity index (χ0v) is 10.1. The van der Waals surface area contributed by atoms with Crippen molar-refractivity contribution in [2.45, 2.75) is 13.8 Å². The highest BCUT2D eigenvalue weighted by molar-refractivity contribution is 5.99. The highest BCUT2D eigenvalue weighted by Gasteiger charge is 2.25. The Kier molecular flexibility index (Phi) is 2.39. The highest BCUT2D eigenvalue weighted by Crippen LogP contribution is 2.23. The van der Waals surface area contributed by atoms with Crippen LogP contribution in [0.2, 0.25) is 0 Å². The molecule has 0 saturated carbocycles. The Morgan fingerprint density at radius 1 is 1.47 bits per heavy atom. The van der Waals surface area contributed by atoms with Crippen molar-refractivity contribution < 1.29 is 9.53 Å². The third kappa shape index (κ3) is 1.32. The van der Waals surface area contributed by atoms with Gasteiger partial charge in [-0.05, 0) is 13.8 Å². The van der Waals surface area contributed by atoms with E-state index in [-0.39, 0.29) is 5.56 Å². The van der Waals surface area contributed by atoms with Gasteiger partial charge in [0.2, 0.25) is 0 Å². The maximum Gasteiger partial charge on any atom is 0.343 e. The van der Waals surface area contributed by atoms with E-state index in [0.29, 0.717) is 16.9 Å². The lowest BCUT2D eigenvalue weighted by molar-refractivity contribution is 0.0602. The molecule has 0 radical (unpaired) electrons. The molecule has 0 unspecified atom stereocenters. The lowest BCUT2D eigenvalue weighted by atomic mass is 10.1. The van der Waals surface area contributed by atoms with Crippen molar-refractivity contribution in [3.8, 4) is 6.07 Å². The average Bonchev–Trinajstić information content (AvgIpc) is 2.75. The number of hydrogen-bond acceptors (Lipinski definition) is 4. The summed E-state index contributed by atoms with van der Waals surface area (Å²) in [6.07, 6.45) is 0. The summed E-state index contributed by atoms with van der Waals surface area (Å²) in [5, 5.41) is 13.4. The first-order chi connectivity index (χ1) is 8.02. The zero-order valence-electron chi connectivity index (χ0n) is 10.1. The molecule has 0 atom stereocenters.